The molecule has 1 aromatic heterocycles. The summed E-state index contributed by atoms with van der Waals surface area (Å²) in [5, 5.41) is 3.36. The molecule has 3 heterocycles. The van der Waals surface area contributed by atoms with Crippen LogP contribution < -0.4 is 14.8 Å². The number of rotatable bonds is 7. The highest BCUT2D eigenvalue weighted by molar-refractivity contribution is 5.93. The van der Waals surface area contributed by atoms with Crippen LogP contribution in [0.15, 0.2) is 36.5 Å². The molecule has 1 aromatic carbocycles. The van der Waals surface area contributed by atoms with Gasteiger partial charge >= 0.3 is 0 Å². The van der Waals surface area contributed by atoms with E-state index in [9.17, 15) is 4.79 Å². The van der Waals surface area contributed by atoms with Crippen molar-refractivity contribution in [3.63, 3.8) is 0 Å². The highest BCUT2D eigenvalue weighted by atomic mass is 16.7. The summed E-state index contributed by atoms with van der Waals surface area (Å²) in [7, 11) is 0. The van der Waals surface area contributed by atoms with E-state index >= 15 is 0 Å². The molecule has 0 bridgehead atoms. The van der Waals surface area contributed by atoms with Gasteiger partial charge in [0.1, 0.15) is 5.69 Å². The highest BCUT2D eigenvalue weighted by Crippen LogP contribution is 2.32. The molecule has 0 spiro atoms. The van der Waals surface area contributed by atoms with Gasteiger partial charge < -0.3 is 19.7 Å². The second-order valence-electron chi connectivity index (χ2n) is 7.47. The molecule has 2 aliphatic rings. The van der Waals surface area contributed by atoms with Gasteiger partial charge in [0.25, 0.3) is 5.91 Å². The second kappa shape index (κ2) is 9.13. The summed E-state index contributed by atoms with van der Waals surface area (Å²) >= 11 is 0. The molecule has 2 aromatic rings. The number of nitrogens with one attached hydrogen (secondary N) is 1. The molecular weight excluding hydrogens is 368 g/mol. The molecule has 0 aliphatic carbocycles. The standard InChI is InChI=1S/C22H28N4O3/c1-2-3-7-23-18-6-8-24-19(14-18)22(27)26-11-9-25(10-12-26)15-17-4-5-20-21(13-17)29-16-28-20/h4-6,8,13-14H,2-3,7,9-12,15-16H2,1H3,(H,23,24). The summed E-state index contributed by atoms with van der Waals surface area (Å²) in [6.07, 6.45) is 3.95. The number of anilines is 1. The van der Waals surface area contributed by atoms with Crippen LogP contribution in [-0.4, -0.2) is 60.2 Å². The summed E-state index contributed by atoms with van der Waals surface area (Å²) < 4.78 is 10.8. The lowest BCUT2D eigenvalue weighted by molar-refractivity contribution is 0.0623. The van der Waals surface area contributed by atoms with Gasteiger partial charge in [-0.05, 0) is 36.2 Å². The van der Waals surface area contributed by atoms with Crippen LogP contribution in [0.4, 0.5) is 5.69 Å². The van der Waals surface area contributed by atoms with E-state index in [1.54, 1.807) is 6.20 Å². The van der Waals surface area contributed by atoms with Crippen LogP contribution in [0.2, 0.25) is 0 Å². The van der Waals surface area contributed by atoms with E-state index in [1.807, 2.05) is 29.2 Å². The van der Waals surface area contributed by atoms with Crippen LogP contribution in [-0.2, 0) is 6.54 Å². The Hall–Kier alpha value is -2.80. The van der Waals surface area contributed by atoms with Crippen molar-refractivity contribution in [1.29, 1.82) is 0 Å². The summed E-state index contributed by atoms with van der Waals surface area (Å²) in [5.74, 6) is 1.63. The van der Waals surface area contributed by atoms with E-state index in [0.29, 0.717) is 25.6 Å². The molecule has 1 amide bonds. The molecule has 29 heavy (non-hydrogen) atoms. The second-order valence-corrected chi connectivity index (χ2v) is 7.47. The van der Waals surface area contributed by atoms with Crippen LogP contribution in [0.25, 0.3) is 0 Å². The van der Waals surface area contributed by atoms with Gasteiger partial charge in [0.15, 0.2) is 11.5 Å². The minimum absolute atomic E-state index is 0.00636. The smallest absolute Gasteiger partial charge is 0.272 e. The Kier molecular flexibility index (Phi) is 6.14. The Labute approximate surface area is 171 Å². The molecule has 154 valence electrons. The number of hydrogen-bond donors (Lipinski definition) is 1. The molecule has 2 aliphatic heterocycles. The SMILES string of the molecule is CCCCNc1ccnc(C(=O)N2CCN(Cc3ccc4c(c3)OCO4)CC2)c1. The summed E-state index contributed by atoms with van der Waals surface area (Å²) in [6.45, 7) is 7.30. The molecule has 0 unspecified atom stereocenters. The molecule has 4 rings (SSSR count). The van der Waals surface area contributed by atoms with Crippen LogP contribution in [0.3, 0.4) is 0 Å². The van der Waals surface area contributed by atoms with Crippen molar-refractivity contribution in [3.8, 4) is 11.5 Å². The number of fused-ring (bicyclic) bond motifs is 1. The number of benzene rings is 1. The lowest BCUT2D eigenvalue weighted by Gasteiger charge is -2.34. The fourth-order valence-electron chi connectivity index (χ4n) is 3.64. The zero-order valence-electron chi connectivity index (χ0n) is 16.9. The summed E-state index contributed by atoms with van der Waals surface area (Å²) in [5.41, 5.74) is 2.66. The van der Waals surface area contributed by atoms with E-state index < -0.39 is 0 Å². The van der Waals surface area contributed by atoms with Gasteiger partial charge in [-0.3, -0.25) is 14.7 Å². The fraction of sp³-hybridized carbons (Fsp3) is 0.455. The Morgan fingerprint density at radius 2 is 1.93 bits per heavy atom. The maximum absolute atomic E-state index is 12.9. The van der Waals surface area contributed by atoms with Crippen molar-refractivity contribution in [2.45, 2.75) is 26.3 Å². The number of carbonyl (C=O) groups excluding carboxylic acids is 1. The van der Waals surface area contributed by atoms with Crippen LogP contribution >= 0.6 is 0 Å². The van der Waals surface area contributed by atoms with Gasteiger partial charge in [0.05, 0.1) is 0 Å². The molecule has 0 radical (unpaired) electrons. The van der Waals surface area contributed by atoms with Crippen LogP contribution in [0.5, 0.6) is 11.5 Å². The van der Waals surface area contributed by atoms with Crippen molar-refractivity contribution in [2.24, 2.45) is 0 Å². The number of unbranched alkanes of at least 4 members (excludes halogenated alkanes) is 1. The Bertz CT molecular complexity index is 850. The van der Waals surface area contributed by atoms with Crippen molar-refractivity contribution in [1.82, 2.24) is 14.8 Å². The largest absolute Gasteiger partial charge is 0.454 e. The molecule has 1 N–H and O–H groups in total. The highest BCUT2D eigenvalue weighted by Gasteiger charge is 2.23. The van der Waals surface area contributed by atoms with Crippen LogP contribution in [0.1, 0.15) is 35.8 Å². The van der Waals surface area contributed by atoms with Crippen molar-refractivity contribution in [2.75, 3.05) is 44.8 Å². The number of hydrogen-bond acceptors (Lipinski definition) is 6. The predicted octanol–water partition coefficient (Wildman–Crippen LogP) is 2.98. The monoisotopic (exact) mass is 396 g/mol. The minimum atomic E-state index is 0.00636. The average molecular weight is 396 g/mol. The maximum atomic E-state index is 12.9. The Morgan fingerprint density at radius 1 is 1.10 bits per heavy atom. The number of carbonyl (C=O) groups is 1. The first-order valence-electron chi connectivity index (χ1n) is 10.3. The third kappa shape index (κ3) is 4.79. The number of pyridine rings is 1. The Balaban J connectivity index is 1.30. The van der Waals surface area contributed by atoms with Crippen LogP contribution in [0, 0.1) is 0 Å². The maximum Gasteiger partial charge on any atom is 0.272 e. The van der Waals surface area contributed by atoms with E-state index in [2.05, 4.69) is 28.2 Å². The molecule has 7 nitrogen and oxygen atoms in total. The molecule has 1 fully saturated rings. The molecule has 7 heteroatoms. The molecule has 0 atom stereocenters. The van der Waals surface area contributed by atoms with Crippen molar-refractivity contribution in [3.05, 3.63) is 47.8 Å². The summed E-state index contributed by atoms with van der Waals surface area (Å²) in [6, 6.07) is 9.85. The number of ether oxygens (including phenoxy) is 2. The van der Waals surface area contributed by atoms with Gasteiger partial charge in [-0.15, -0.1) is 0 Å². The topological polar surface area (TPSA) is 66.9 Å². The van der Waals surface area contributed by atoms with Gasteiger partial charge in [-0.25, -0.2) is 0 Å². The van der Waals surface area contributed by atoms with Crippen molar-refractivity contribution < 1.29 is 14.3 Å². The first kappa shape index (κ1) is 19.5. The van der Waals surface area contributed by atoms with E-state index in [-0.39, 0.29) is 5.91 Å². The third-order valence-corrected chi connectivity index (χ3v) is 5.34. The molecular formula is C22H28N4O3. The number of nitrogens with zero attached hydrogens (tertiary/aromatic N) is 3. The summed E-state index contributed by atoms with van der Waals surface area (Å²) in [4.78, 5) is 21.4. The van der Waals surface area contributed by atoms with Gasteiger partial charge in [-0.2, -0.15) is 0 Å². The lowest BCUT2D eigenvalue weighted by Crippen LogP contribution is -2.48. The van der Waals surface area contributed by atoms with Gasteiger partial charge in [0.2, 0.25) is 6.79 Å². The normalized spacial score (nSPS) is 16.1. The van der Waals surface area contributed by atoms with E-state index in [0.717, 1.165) is 56.2 Å². The van der Waals surface area contributed by atoms with Gasteiger partial charge in [-0.1, -0.05) is 19.4 Å². The first-order valence-corrected chi connectivity index (χ1v) is 10.3. The zero-order valence-corrected chi connectivity index (χ0v) is 16.9. The molecule has 1 saturated heterocycles. The minimum Gasteiger partial charge on any atom is -0.454 e. The van der Waals surface area contributed by atoms with E-state index in [1.165, 1.54) is 5.56 Å². The first-order chi connectivity index (χ1) is 14.2. The number of amides is 1. The lowest BCUT2D eigenvalue weighted by atomic mass is 10.1. The number of piperazine rings is 1. The van der Waals surface area contributed by atoms with E-state index in [4.69, 9.17) is 9.47 Å². The quantitative estimate of drug-likeness (QED) is 0.726. The van der Waals surface area contributed by atoms with Gasteiger partial charge in [0, 0.05) is 51.2 Å². The fourth-order valence-corrected chi connectivity index (χ4v) is 3.64. The van der Waals surface area contributed by atoms with Crippen molar-refractivity contribution >= 4 is 11.6 Å². The third-order valence-electron chi connectivity index (χ3n) is 5.34. The Morgan fingerprint density at radius 3 is 2.76 bits per heavy atom. The molecule has 0 saturated carbocycles. The average Bonchev–Trinajstić information content (AvgIpc) is 3.22. The number of aromatic nitrogens is 1. The predicted molar refractivity (Wildman–Crippen MR) is 111 cm³/mol. The zero-order chi connectivity index (χ0) is 20.1.